The van der Waals surface area contributed by atoms with Gasteiger partial charge in [-0.05, 0) is 82.1 Å². The summed E-state index contributed by atoms with van der Waals surface area (Å²) in [5.41, 5.74) is 3.52. The third-order valence-corrected chi connectivity index (χ3v) is 7.51. The van der Waals surface area contributed by atoms with Crippen LogP contribution in [-0.2, 0) is 4.74 Å². The largest absolute Gasteiger partial charge is 0.493 e. The van der Waals surface area contributed by atoms with Gasteiger partial charge in [0.15, 0.2) is 11.5 Å². The van der Waals surface area contributed by atoms with Gasteiger partial charge in [-0.1, -0.05) is 6.07 Å². The normalized spacial score (nSPS) is 13.6. The molecule has 0 aliphatic carbocycles. The van der Waals surface area contributed by atoms with Gasteiger partial charge in [0.2, 0.25) is 0 Å². The molecule has 2 heterocycles. The fraction of sp³-hybridized carbons (Fsp3) is 0.361. The molecule has 1 fully saturated rings. The zero-order valence-corrected chi connectivity index (χ0v) is 27.1. The molecule has 1 amide bonds. The number of hydrogen-bond acceptors (Lipinski definition) is 9. The molecule has 0 atom stereocenters. The fourth-order valence-corrected chi connectivity index (χ4v) is 5.21. The van der Waals surface area contributed by atoms with Gasteiger partial charge in [-0.25, -0.2) is 0 Å². The number of pyridine rings is 1. The summed E-state index contributed by atoms with van der Waals surface area (Å²) in [6.45, 7) is 12.6. The van der Waals surface area contributed by atoms with Crippen molar-refractivity contribution in [3.8, 4) is 29.1 Å². The van der Waals surface area contributed by atoms with E-state index in [-0.39, 0.29) is 11.4 Å². The molecule has 240 valence electrons. The van der Waals surface area contributed by atoms with Crippen molar-refractivity contribution in [3.63, 3.8) is 0 Å². The number of ether oxygens (including phenoxy) is 4. The second-order valence-electron chi connectivity index (χ2n) is 12.3. The average Bonchev–Trinajstić information content (AvgIpc) is 3.04. The van der Waals surface area contributed by atoms with Crippen LogP contribution in [0.4, 0.5) is 11.4 Å². The van der Waals surface area contributed by atoms with Gasteiger partial charge in [0.05, 0.1) is 43.7 Å². The Balaban J connectivity index is 1.34. The molecule has 2 N–H and O–H groups in total. The Labute approximate surface area is 270 Å². The third kappa shape index (κ3) is 8.24. The number of carbonyl (C=O) groups excluding carboxylic acids is 1. The van der Waals surface area contributed by atoms with E-state index in [1.54, 1.807) is 31.5 Å². The quantitative estimate of drug-likeness (QED) is 0.178. The van der Waals surface area contributed by atoms with E-state index in [4.69, 9.17) is 18.9 Å². The molecular formula is C36H41N5O5. The molecule has 1 aromatic heterocycles. The second kappa shape index (κ2) is 14.5. The molecule has 4 aromatic rings. The minimum atomic E-state index is -0.345. The highest BCUT2D eigenvalue weighted by Crippen LogP contribution is 2.38. The lowest BCUT2D eigenvalue weighted by Crippen LogP contribution is -2.40. The molecule has 0 radical (unpaired) electrons. The van der Waals surface area contributed by atoms with Crippen LogP contribution in [0.1, 0.15) is 48.7 Å². The lowest BCUT2D eigenvalue weighted by molar-refractivity contribution is 0.0357. The van der Waals surface area contributed by atoms with Crippen molar-refractivity contribution in [2.24, 2.45) is 0 Å². The minimum Gasteiger partial charge on any atom is -0.493 e. The predicted molar refractivity (Wildman–Crippen MR) is 179 cm³/mol. The van der Waals surface area contributed by atoms with Gasteiger partial charge in [0.1, 0.15) is 17.6 Å². The average molecular weight is 624 g/mol. The summed E-state index contributed by atoms with van der Waals surface area (Å²) in [5.74, 6) is 2.22. The summed E-state index contributed by atoms with van der Waals surface area (Å²) >= 11 is 0. The number of anilines is 2. The highest BCUT2D eigenvalue weighted by molar-refractivity contribution is 5.98. The summed E-state index contributed by atoms with van der Waals surface area (Å²) in [4.78, 5) is 19.5. The third-order valence-electron chi connectivity index (χ3n) is 7.51. The first-order chi connectivity index (χ1) is 22.1. The number of aromatic nitrogens is 1. The van der Waals surface area contributed by atoms with Crippen LogP contribution in [0, 0.1) is 18.3 Å². The van der Waals surface area contributed by atoms with Gasteiger partial charge in [0, 0.05) is 54.1 Å². The van der Waals surface area contributed by atoms with Crippen LogP contribution in [0.2, 0.25) is 0 Å². The second-order valence-corrected chi connectivity index (χ2v) is 12.3. The molecule has 1 aliphatic heterocycles. The van der Waals surface area contributed by atoms with E-state index in [9.17, 15) is 10.1 Å². The topological polar surface area (TPSA) is 118 Å². The summed E-state index contributed by atoms with van der Waals surface area (Å²) in [5, 5.41) is 17.1. The molecule has 0 bridgehead atoms. The number of carbonyl (C=O) groups is 1. The summed E-state index contributed by atoms with van der Waals surface area (Å²) in [6.07, 6.45) is 2.42. The number of rotatable bonds is 11. The zero-order chi connectivity index (χ0) is 32.7. The van der Waals surface area contributed by atoms with Crippen molar-refractivity contribution in [2.45, 2.75) is 39.7 Å². The van der Waals surface area contributed by atoms with Crippen LogP contribution >= 0.6 is 0 Å². The van der Waals surface area contributed by atoms with Gasteiger partial charge in [-0.3, -0.25) is 14.7 Å². The van der Waals surface area contributed by atoms with Gasteiger partial charge < -0.3 is 29.6 Å². The Morgan fingerprint density at radius 2 is 1.87 bits per heavy atom. The number of methoxy groups -OCH3 is 1. The molecule has 1 aliphatic rings. The summed E-state index contributed by atoms with van der Waals surface area (Å²) in [7, 11) is 1.61. The Morgan fingerprint density at radius 1 is 1.07 bits per heavy atom. The van der Waals surface area contributed by atoms with E-state index in [1.165, 1.54) is 0 Å². The highest BCUT2D eigenvalue weighted by Gasteiger charge is 2.18. The zero-order valence-electron chi connectivity index (χ0n) is 27.1. The molecule has 10 nitrogen and oxygen atoms in total. The maximum absolute atomic E-state index is 12.7. The van der Waals surface area contributed by atoms with Crippen LogP contribution in [0.5, 0.6) is 23.0 Å². The number of benzene rings is 3. The van der Waals surface area contributed by atoms with Crippen molar-refractivity contribution < 1.29 is 23.7 Å². The number of amides is 1. The summed E-state index contributed by atoms with van der Waals surface area (Å²) < 4.78 is 23.4. The first kappa shape index (κ1) is 32.5. The van der Waals surface area contributed by atoms with E-state index < -0.39 is 0 Å². The van der Waals surface area contributed by atoms with E-state index in [2.05, 4.69) is 26.6 Å². The number of nitrogens with zero attached hydrogens (tertiary/aromatic N) is 3. The monoisotopic (exact) mass is 623 g/mol. The number of nitrogens with one attached hydrogen (secondary N) is 2. The Bertz CT molecular complexity index is 1740. The van der Waals surface area contributed by atoms with Crippen molar-refractivity contribution in [3.05, 3.63) is 77.5 Å². The number of hydrogen-bond donors (Lipinski definition) is 2. The van der Waals surface area contributed by atoms with Crippen LogP contribution < -0.4 is 24.8 Å². The maximum Gasteiger partial charge on any atom is 0.251 e. The van der Waals surface area contributed by atoms with Crippen molar-refractivity contribution in [1.82, 2.24) is 15.2 Å². The number of aryl methyl sites for hydroxylation is 1. The van der Waals surface area contributed by atoms with Crippen molar-refractivity contribution in [1.29, 1.82) is 5.26 Å². The molecule has 1 saturated heterocycles. The van der Waals surface area contributed by atoms with Crippen LogP contribution in [0.3, 0.4) is 0 Å². The molecule has 5 rings (SSSR count). The van der Waals surface area contributed by atoms with Gasteiger partial charge in [-0.2, -0.15) is 5.26 Å². The van der Waals surface area contributed by atoms with E-state index in [0.29, 0.717) is 51.9 Å². The first-order valence-electron chi connectivity index (χ1n) is 15.5. The van der Waals surface area contributed by atoms with Crippen LogP contribution in [0.25, 0.3) is 10.9 Å². The van der Waals surface area contributed by atoms with E-state index in [1.807, 2.05) is 64.1 Å². The molecule has 46 heavy (non-hydrogen) atoms. The van der Waals surface area contributed by atoms with Crippen LogP contribution in [-0.4, -0.2) is 67.9 Å². The summed E-state index contributed by atoms with van der Waals surface area (Å²) in [6, 6.07) is 18.8. The standard InChI is InChI=1S/C36H41N5O5/c1-24-18-27(10-11-31(24)46-28-9-6-8-25(19-28)35(42)40-36(2,3)4)39-34-26(22-37)23-38-30-21-32(43-5)33(20-29(30)34)45-15-7-12-41-13-16-44-17-14-41/h6,8-11,18-21,23H,7,12-17H2,1-5H3,(H,38,39)(H,40,42). The number of nitriles is 1. The maximum atomic E-state index is 12.7. The smallest absolute Gasteiger partial charge is 0.251 e. The number of fused-ring (bicyclic) bond motifs is 1. The molecule has 3 aromatic carbocycles. The Kier molecular flexibility index (Phi) is 10.3. The molecule has 0 spiro atoms. The van der Waals surface area contributed by atoms with Crippen molar-refractivity contribution >= 4 is 28.2 Å². The molecule has 10 heteroatoms. The SMILES string of the molecule is COc1cc2ncc(C#N)c(Nc3ccc(Oc4cccc(C(=O)NC(C)(C)C)c4)c(C)c3)c2cc1OCCCN1CCOCC1. The van der Waals surface area contributed by atoms with Crippen molar-refractivity contribution in [2.75, 3.05) is 51.9 Å². The lowest BCUT2D eigenvalue weighted by atomic mass is 10.1. The van der Waals surface area contributed by atoms with E-state index in [0.717, 1.165) is 55.9 Å². The van der Waals surface area contributed by atoms with Gasteiger partial charge in [0.25, 0.3) is 5.91 Å². The highest BCUT2D eigenvalue weighted by atomic mass is 16.5. The predicted octanol–water partition coefficient (Wildman–Crippen LogP) is 6.59. The lowest BCUT2D eigenvalue weighted by Gasteiger charge is -2.26. The Morgan fingerprint density at radius 3 is 2.59 bits per heavy atom. The first-order valence-corrected chi connectivity index (χ1v) is 15.5. The van der Waals surface area contributed by atoms with Gasteiger partial charge >= 0.3 is 0 Å². The Hall–Kier alpha value is -4.85. The molecule has 0 unspecified atom stereocenters. The fourth-order valence-electron chi connectivity index (χ4n) is 5.21. The van der Waals surface area contributed by atoms with Crippen LogP contribution in [0.15, 0.2) is 60.8 Å². The minimum absolute atomic E-state index is 0.161. The molecular weight excluding hydrogens is 582 g/mol. The van der Waals surface area contributed by atoms with E-state index >= 15 is 0 Å². The molecule has 0 saturated carbocycles. The van der Waals surface area contributed by atoms with Gasteiger partial charge in [-0.15, -0.1) is 0 Å². The number of morpholine rings is 1.